The van der Waals surface area contributed by atoms with Gasteiger partial charge in [-0.3, -0.25) is 27.8 Å². The number of aliphatic hydroxyl groups is 1. The number of aldehydes is 2. The topological polar surface area (TPSA) is 364 Å². The summed E-state index contributed by atoms with van der Waals surface area (Å²) in [5.41, 5.74) is 10.9. The third-order valence-electron chi connectivity index (χ3n) is 6.22. The van der Waals surface area contributed by atoms with E-state index in [2.05, 4.69) is 28.3 Å². The summed E-state index contributed by atoms with van der Waals surface area (Å²) in [5, 5.41) is 9.79. The molecular formula is C21H25N7NaO17P3. The summed E-state index contributed by atoms with van der Waals surface area (Å²) in [4.78, 5) is 90.3. The number of hydrogen-bond donors (Lipinski definition) is 5. The van der Waals surface area contributed by atoms with Crippen molar-refractivity contribution in [3.8, 4) is 0 Å². The van der Waals surface area contributed by atoms with Gasteiger partial charge in [0.15, 0.2) is 48.8 Å². The van der Waals surface area contributed by atoms with Gasteiger partial charge in [0, 0.05) is 6.07 Å². The Balaban J connectivity index is 0.00000650. The summed E-state index contributed by atoms with van der Waals surface area (Å²) in [6.45, 7) is -2.25. The van der Waals surface area contributed by atoms with Gasteiger partial charge in [-0.2, -0.15) is 4.57 Å². The third kappa shape index (κ3) is 10.5. The standard InChI is InChI=1S/C21H26N7O17P3.Na/c22-18-15-20(25-9-24-18)28(10-26-15)14(7-31)41-12(5-29)8-40-47(36,37)45-48(38,39)44-16-13(6-30)42-21(17(16)43-46(33,34)35)27-3-1-2-11(4-27)19(23)32;/h1-5,7,9-10,12-14,16-17,21,30H,6,8H2,(H7-,22,23,24,25,32,33,34,35,36,37,38,39);/q;+1/p-1/t12-,13+,14+,16+,17+,21+;/m0./s1. The zero-order valence-corrected chi connectivity index (χ0v) is 29.5. The van der Waals surface area contributed by atoms with Gasteiger partial charge >= 0.3 is 37.4 Å². The molecule has 3 unspecified atom stereocenters. The molecule has 49 heavy (non-hydrogen) atoms. The first-order valence-electron chi connectivity index (χ1n) is 12.9. The molecule has 1 fully saturated rings. The number of aromatic nitrogens is 5. The summed E-state index contributed by atoms with van der Waals surface area (Å²) < 4.78 is 67.6. The van der Waals surface area contributed by atoms with Crippen molar-refractivity contribution in [2.24, 2.45) is 5.73 Å². The second-order valence-electron chi connectivity index (χ2n) is 9.47. The maximum atomic E-state index is 12.7. The van der Waals surface area contributed by atoms with Crippen molar-refractivity contribution in [2.45, 2.75) is 36.9 Å². The maximum absolute atomic E-state index is 12.7. The molecular weight excluding hydrogens is 738 g/mol. The van der Waals surface area contributed by atoms with Gasteiger partial charge in [-0.05, 0) is 6.07 Å². The van der Waals surface area contributed by atoms with E-state index >= 15 is 0 Å². The number of aliphatic hydroxyl groups excluding tert-OH is 1. The van der Waals surface area contributed by atoms with Crippen LogP contribution in [0, 0.1) is 0 Å². The van der Waals surface area contributed by atoms with Crippen LogP contribution in [0.15, 0.2) is 37.2 Å². The van der Waals surface area contributed by atoms with E-state index in [0.717, 1.165) is 28.0 Å². The summed E-state index contributed by atoms with van der Waals surface area (Å²) in [5.74, 6) is -0.975. The smallest absolute Gasteiger partial charge is 0.756 e. The predicted octanol–water partition coefficient (Wildman–Crippen LogP) is -6.50. The number of ether oxygens (including phenoxy) is 2. The van der Waals surface area contributed by atoms with Crippen molar-refractivity contribution in [1.29, 1.82) is 0 Å². The number of anilines is 1. The Morgan fingerprint density at radius 1 is 1.14 bits per heavy atom. The molecule has 24 nitrogen and oxygen atoms in total. The molecule has 1 aliphatic rings. The molecule has 4 heterocycles. The number of imidazole rings is 1. The van der Waals surface area contributed by atoms with Crippen LogP contribution in [0.25, 0.3) is 11.2 Å². The minimum absolute atomic E-state index is 0. The molecule has 1 amide bonds. The van der Waals surface area contributed by atoms with Crippen molar-refractivity contribution < 1.29 is 114 Å². The molecule has 0 aliphatic carbocycles. The molecule has 9 atom stereocenters. The number of hydrogen-bond acceptors (Lipinski definition) is 19. The number of nitrogens with zero attached hydrogens (tertiary/aromatic N) is 5. The zero-order chi connectivity index (χ0) is 35.4. The van der Waals surface area contributed by atoms with Gasteiger partial charge in [-0.15, -0.1) is 0 Å². The number of primary amides is 1. The molecule has 0 saturated carbocycles. The Hall–Kier alpha value is -2.44. The molecule has 4 rings (SSSR count). The van der Waals surface area contributed by atoms with Crippen molar-refractivity contribution in [3.63, 3.8) is 0 Å². The van der Waals surface area contributed by atoms with Crippen molar-refractivity contribution in [3.05, 3.63) is 42.7 Å². The molecule has 28 heteroatoms. The fraction of sp³-hybridized carbons (Fsp3) is 0.381. The van der Waals surface area contributed by atoms with Gasteiger partial charge in [0.25, 0.3) is 27.8 Å². The minimum atomic E-state index is -6.07. The van der Waals surface area contributed by atoms with Crippen LogP contribution >= 0.6 is 23.5 Å². The monoisotopic (exact) mass is 763 g/mol. The van der Waals surface area contributed by atoms with E-state index in [1.165, 1.54) is 18.3 Å². The van der Waals surface area contributed by atoms with Crippen LogP contribution in [0.4, 0.5) is 5.82 Å². The summed E-state index contributed by atoms with van der Waals surface area (Å²) in [6.07, 6.45) is -6.63. The van der Waals surface area contributed by atoms with E-state index in [0.29, 0.717) is 0 Å². The second-order valence-corrected chi connectivity index (χ2v) is 13.6. The van der Waals surface area contributed by atoms with E-state index in [1.807, 2.05) is 0 Å². The van der Waals surface area contributed by atoms with Gasteiger partial charge in [-0.25, -0.2) is 23.8 Å². The first kappa shape index (κ1) is 41.0. The quantitative estimate of drug-likeness (QED) is 0.0369. The molecule has 1 aliphatic heterocycles. The van der Waals surface area contributed by atoms with Crippen molar-refractivity contribution in [1.82, 2.24) is 19.5 Å². The van der Waals surface area contributed by atoms with E-state index in [9.17, 15) is 52.8 Å². The number of phosphoric ester groups is 3. The number of fused-ring (bicyclic) bond motifs is 1. The van der Waals surface area contributed by atoms with E-state index in [-0.39, 0.29) is 64.7 Å². The normalized spacial score (nSPS) is 24.1. The summed E-state index contributed by atoms with van der Waals surface area (Å²) in [7, 11) is -17.5. The Kier molecular flexibility index (Phi) is 14.0. The van der Waals surface area contributed by atoms with Crippen LogP contribution in [-0.2, 0) is 50.6 Å². The predicted molar refractivity (Wildman–Crippen MR) is 146 cm³/mol. The molecule has 1 saturated heterocycles. The van der Waals surface area contributed by atoms with Crippen LogP contribution in [0.1, 0.15) is 22.8 Å². The van der Waals surface area contributed by atoms with Crippen LogP contribution in [-0.4, -0.2) is 90.5 Å². The minimum Gasteiger partial charge on any atom is -0.756 e. The largest absolute Gasteiger partial charge is 1.00 e. The number of rotatable bonds is 17. The molecule has 3 aromatic heterocycles. The first-order chi connectivity index (χ1) is 22.5. The Morgan fingerprint density at radius 3 is 2.47 bits per heavy atom. The Labute approximate surface area is 296 Å². The average Bonchev–Trinajstić information content (AvgIpc) is 3.58. The van der Waals surface area contributed by atoms with Gasteiger partial charge in [-0.1, -0.05) is 0 Å². The number of carbonyl (C=O) groups is 3. The molecule has 0 spiro atoms. The molecule has 0 bridgehead atoms. The van der Waals surface area contributed by atoms with Gasteiger partial charge in [0.1, 0.15) is 35.7 Å². The van der Waals surface area contributed by atoms with Crippen molar-refractivity contribution in [2.75, 3.05) is 18.9 Å². The molecule has 262 valence electrons. The summed E-state index contributed by atoms with van der Waals surface area (Å²) in [6, 6.07) is 2.52. The zero-order valence-electron chi connectivity index (χ0n) is 24.8. The maximum Gasteiger partial charge on any atom is 1.00 e. The number of phosphoric acid groups is 3. The molecule has 3 aromatic rings. The van der Waals surface area contributed by atoms with E-state index in [4.69, 9.17) is 25.5 Å². The fourth-order valence-corrected chi connectivity index (χ4v) is 7.05. The number of carbonyl (C=O) groups excluding carboxylic acids is 3. The number of nitrogens with two attached hydrogens (primary N) is 2. The first-order valence-corrected chi connectivity index (χ1v) is 17.4. The third-order valence-corrected chi connectivity index (χ3v) is 9.33. The van der Waals surface area contributed by atoms with Crippen molar-refractivity contribution >= 4 is 58.9 Å². The van der Waals surface area contributed by atoms with Gasteiger partial charge in [0.05, 0.1) is 19.5 Å². The van der Waals surface area contributed by atoms with Crippen LogP contribution < -0.4 is 55.4 Å². The second kappa shape index (κ2) is 16.7. The Morgan fingerprint density at radius 2 is 1.86 bits per heavy atom. The Bertz CT molecular complexity index is 1810. The molecule has 0 aromatic carbocycles. The van der Waals surface area contributed by atoms with Crippen LogP contribution in [0.5, 0.6) is 0 Å². The van der Waals surface area contributed by atoms with Gasteiger partial charge in [0.2, 0.25) is 0 Å². The number of nitrogen functional groups attached to an aromatic ring is 1. The van der Waals surface area contributed by atoms with Crippen LogP contribution in [0.3, 0.4) is 0 Å². The number of pyridine rings is 1. The fourth-order valence-electron chi connectivity index (χ4n) is 4.28. The molecule has 7 N–H and O–H groups in total. The SMILES string of the molecule is NC(=O)c1ccc[n+]([C@@H]2O[C@H](CO)[C@@H](OP(=O)([O-])OP(=O)(O)OC[C@H](C=O)O[C@H](C=O)n3cnc4c(N)ncnc43)[C@H]2OP(=O)([O-])O)c1.[Na+]. The number of amides is 1. The molecule has 0 radical (unpaired) electrons. The summed E-state index contributed by atoms with van der Waals surface area (Å²) >= 11 is 0. The van der Waals surface area contributed by atoms with E-state index < -0.39 is 79.5 Å². The van der Waals surface area contributed by atoms with E-state index in [1.54, 1.807) is 0 Å². The average molecular weight is 763 g/mol. The van der Waals surface area contributed by atoms with Crippen LogP contribution in [0.2, 0.25) is 0 Å². The van der Waals surface area contributed by atoms with Gasteiger partial charge < -0.3 is 59.5 Å².